The minimum atomic E-state index is 0.399. The maximum atomic E-state index is 10.2. The van der Waals surface area contributed by atoms with Gasteiger partial charge in [0, 0.05) is 24.0 Å². The summed E-state index contributed by atoms with van der Waals surface area (Å²) in [6, 6.07) is 3.86. The van der Waals surface area contributed by atoms with Crippen LogP contribution in [0.15, 0.2) is 30.7 Å². The highest BCUT2D eigenvalue weighted by atomic mass is 16.1. The zero-order valence-corrected chi connectivity index (χ0v) is 6.47. The lowest BCUT2D eigenvalue weighted by Gasteiger charge is -1.89. The predicted molar refractivity (Wildman–Crippen MR) is 45.8 cm³/mol. The molecule has 0 saturated heterocycles. The number of pyridine rings is 1. The number of fused-ring (bicyclic) bond motifs is 1. The van der Waals surface area contributed by atoms with Gasteiger partial charge in [-0.15, -0.1) is 0 Å². The van der Waals surface area contributed by atoms with Gasteiger partial charge in [0.2, 0.25) is 0 Å². The van der Waals surface area contributed by atoms with Crippen LogP contribution >= 0.6 is 0 Å². The molecule has 0 unspecified atom stereocenters. The van der Waals surface area contributed by atoms with Crippen LogP contribution in [0.4, 0.5) is 0 Å². The average molecular weight is 160 g/mol. The Labute approximate surface area is 69.6 Å². The molecule has 0 aromatic carbocycles. The predicted octanol–water partition coefficient (Wildman–Crippen LogP) is 1.24. The molecule has 3 nitrogen and oxygen atoms in total. The van der Waals surface area contributed by atoms with Gasteiger partial charge in [-0.2, -0.15) is 0 Å². The molecule has 60 valence electrons. The second-order valence-corrected chi connectivity index (χ2v) is 2.60. The summed E-state index contributed by atoms with van der Waals surface area (Å²) in [6.07, 6.45) is 6.40. The van der Waals surface area contributed by atoms with Gasteiger partial charge in [0.25, 0.3) is 0 Å². The van der Waals surface area contributed by atoms with Crippen molar-refractivity contribution in [2.75, 3.05) is 0 Å². The van der Waals surface area contributed by atoms with Crippen molar-refractivity contribution in [3.05, 3.63) is 30.7 Å². The average Bonchev–Trinajstić information content (AvgIpc) is 2.47. The van der Waals surface area contributed by atoms with E-state index in [4.69, 9.17) is 0 Å². The summed E-state index contributed by atoms with van der Waals surface area (Å²) in [4.78, 5) is 14.4. The number of hydrogen-bond donors (Lipinski definition) is 0. The first-order chi connectivity index (χ1) is 5.90. The van der Waals surface area contributed by atoms with Crippen LogP contribution in [-0.2, 0) is 11.3 Å². The van der Waals surface area contributed by atoms with Crippen molar-refractivity contribution in [2.45, 2.75) is 6.54 Å². The summed E-state index contributed by atoms with van der Waals surface area (Å²) in [5, 5.41) is 1.07. The second-order valence-electron chi connectivity index (χ2n) is 2.60. The molecule has 0 aliphatic carbocycles. The molecule has 0 spiro atoms. The first-order valence-electron chi connectivity index (χ1n) is 3.74. The molecule has 2 aromatic rings. The van der Waals surface area contributed by atoms with E-state index in [1.807, 2.05) is 29.1 Å². The van der Waals surface area contributed by atoms with Crippen molar-refractivity contribution >= 4 is 17.2 Å². The highest BCUT2D eigenvalue weighted by Crippen LogP contribution is 2.10. The number of carbonyl (C=O) groups excluding carboxylic acids is 1. The minimum Gasteiger partial charge on any atom is -0.344 e. The Kier molecular flexibility index (Phi) is 1.63. The third-order valence-electron chi connectivity index (χ3n) is 1.75. The normalized spacial score (nSPS) is 10.3. The number of rotatable bonds is 2. The van der Waals surface area contributed by atoms with Crippen LogP contribution in [0.3, 0.4) is 0 Å². The summed E-state index contributed by atoms with van der Waals surface area (Å²) in [5.74, 6) is 0. The third kappa shape index (κ3) is 1.09. The second kappa shape index (κ2) is 2.77. The lowest BCUT2D eigenvalue weighted by Crippen LogP contribution is -1.93. The number of carbonyl (C=O) groups is 1. The zero-order chi connectivity index (χ0) is 8.39. The molecular weight excluding hydrogens is 152 g/mol. The summed E-state index contributed by atoms with van der Waals surface area (Å²) in [6.45, 7) is 0.399. The van der Waals surface area contributed by atoms with E-state index in [0.717, 1.165) is 17.2 Å². The molecule has 2 heterocycles. The standard InChI is InChI=1S/C9H8N2O/c12-5-4-11-6-8-2-1-3-10-9(8)7-11/h1-3,5-7H,4H2. The maximum absolute atomic E-state index is 10.2. The molecule has 0 N–H and O–H groups in total. The number of hydrogen-bond acceptors (Lipinski definition) is 2. The van der Waals surface area contributed by atoms with Crippen LogP contribution in [0.5, 0.6) is 0 Å². The van der Waals surface area contributed by atoms with E-state index in [9.17, 15) is 4.79 Å². The fraction of sp³-hybridized carbons (Fsp3) is 0.111. The number of aromatic nitrogens is 2. The minimum absolute atomic E-state index is 0.399. The molecule has 0 radical (unpaired) electrons. The van der Waals surface area contributed by atoms with Crippen molar-refractivity contribution in [3.8, 4) is 0 Å². The molecule has 2 rings (SSSR count). The lowest BCUT2D eigenvalue weighted by molar-refractivity contribution is -0.108. The molecule has 0 saturated carbocycles. The molecule has 12 heavy (non-hydrogen) atoms. The maximum Gasteiger partial charge on any atom is 0.139 e. The monoisotopic (exact) mass is 160 g/mol. The molecule has 0 amide bonds. The summed E-state index contributed by atoms with van der Waals surface area (Å²) >= 11 is 0. The summed E-state index contributed by atoms with van der Waals surface area (Å²) in [5.41, 5.74) is 0.930. The quantitative estimate of drug-likeness (QED) is 0.619. The van der Waals surface area contributed by atoms with Crippen LogP contribution in [0.1, 0.15) is 0 Å². The van der Waals surface area contributed by atoms with E-state index in [-0.39, 0.29) is 0 Å². The van der Waals surface area contributed by atoms with E-state index < -0.39 is 0 Å². The smallest absolute Gasteiger partial charge is 0.139 e. The van der Waals surface area contributed by atoms with Gasteiger partial charge in [-0.25, -0.2) is 0 Å². The van der Waals surface area contributed by atoms with E-state index in [2.05, 4.69) is 4.98 Å². The molecule has 0 atom stereocenters. The number of nitrogens with zero attached hydrogens (tertiary/aromatic N) is 2. The fourth-order valence-corrected chi connectivity index (χ4v) is 1.21. The Morgan fingerprint density at radius 1 is 1.50 bits per heavy atom. The Balaban J connectivity index is 2.54. The Bertz CT molecular complexity index is 373. The Hall–Kier alpha value is -1.64. The van der Waals surface area contributed by atoms with Gasteiger partial charge in [0.1, 0.15) is 6.29 Å². The van der Waals surface area contributed by atoms with Gasteiger partial charge in [-0.3, -0.25) is 4.98 Å². The van der Waals surface area contributed by atoms with Crippen molar-refractivity contribution in [3.63, 3.8) is 0 Å². The van der Waals surface area contributed by atoms with Gasteiger partial charge in [0.05, 0.1) is 12.1 Å². The first kappa shape index (κ1) is 7.03. The first-order valence-corrected chi connectivity index (χ1v) is 3.74. The molecule has 3 heteroatoms. The van der Waals surface area contributed by atoms with Crippen molar-refractivity contribution < 1.29 is 4.79 Å². The van der Waals surface area contributed by atoms with E-state index >= 15 is 0 Å². The van der Waals surface area contributed by atoms with Crippen LogP contribution in [0.25, 0.3) is 10.9 Å². The van der Waals surface area contributed by atoms with Crippen LogP contribution in [0.2, 0.25) is 0 Å². The molecular formula is C9H8N2O. The Morgan fingerprint density at radius 2 is 2.42 bits per heavy atom. The van der Waals surface area contributed by atoms with Gasteiger partial charge in [0.15, 0.2) is 0 Å². The highest BCUT2D eigenvalue weighted by Gasteiger charge is 1.96. The van der Waals surface area contributed by atoms with Crippen LogP contribution in [-0.4, -0.2) is 15.8 Å². The summed E-state index contributed by atoms with van der Waals surface area (Å²) < 4.78 is 1.82. The van der Waals surface area contributed by atoms with Gasteiger partial charge in [-0.05, 0) is 12.1 Å². The van der Waals surface area contributed by atoms with Crippen molar-refractivity contribution in [1.29, 1.82) is 0 Å². The SMILES string of the molecule is O=CCn1cc2cccnc2c1. The van der Waals surface area contributed by atoms with Crippen LogP contribution < -0.4 is 0 Å². The largest absolute Gasteiger partial charge is 0.344 e. The molecule has 0 aliphatic heterocycles. The van der Waals surface area contributed by atoms with Gasteiger partial charge in [-0.1, -0.05) is 0 Å². The highest BCUT2D eigenvalue weighted by molar-refractivity contribution is 5.78. The Morgan fingerprint density at radius 3 is 3.17 bits per heavy atom. The zero-order valence-electron chi connectivity index (χ0n) is 6.47. The molecule has 0 fully saturated rings. The fourth-order valence-electron chi connectivity index (χ4n) is 1.21. The van der Waals surface area contributed by atoms with Gasteiger partial charge < -0.3 is 9.36 Å². The van der Waals surface area contributed by atoms with E-state index in [1.54, 1.807) is 6.20 Å². The third-order valence-corrected chi connectivity index (χ3v) is 1.75. The molecule has 2 aromatic heterocycles. The van der Waals surface area contributed by atoms with Crippen LogP contribution in [0, 0.1) is 0 Å². The van der Waals surface area contributed by atoms with Crippen molar-refractivity contribution in [2.24, 2.45) is 0 Å². The van der Waals surface area contributed by atoms with E-state index in [1.165, 1.54) is 0 Å². The molecule has 0 aliphatic rings. The summed E-state index contributed by atoms with van der Waals surface area (Å²) in [7, 11) is 0. The number of aldehydes is 1. The lowest BCUT2D eigenvalue weighted by atomic mass is 10.3. The van der Waals surface area contributed by atoms with Crippen molar-refractivity contribution in [1.82, 2.24) is 9.55 Å². The van der Waals surface area contributed by atoms with Gasteiger partial charge >= 0.3 is 0 Å². The molecule has 0 bridgehead atoms. The van der Waals surface area contributed by atoms with E-state index in [0.29, 0.717) is 6.54 Å². The topological polar surface area (TPSA) is 34.9 Å².